The van der Waals surface area contributed by atoms with E-state index in [0.717, 1.165) is 23.3 Å². The van der Waals surface area contributed by atoms with Crippen LogP contribution in [0.4, 0.5) is 8.78 Å². The number of rotatable bonds is 6. The summed E-state index contributed by atoms with van der Waals surface area (Å²) in [4.78, 5) is 14.3. The summed E-state index contributed by atoms with van der Waals surface area (Å²) in [7, 11) is -3.80. The molecule has 2 aromatic carbocycles. The number of carbonyl (C=O) groups excluding carboxylic acids is 1. The van der Waals surface area contributed by atoms with Gasteiger partial charge in [-0.3, -0.25) is 4.79 Å². The van der Waals surface area contributed by atoms with Crippen LogP contribution in [0.1, 0.15) is 36.2 Å². The van der Waals surface area contributed by atoms with Crippen LogP contribution in [0, 0.1) is 11.6 Å². The smallest absolute Gasteiger partial charge is 0.257 e. The number of sulfonamides is 1. The van der Waals surface area contributed by atoms with Crippen LogP contribution >= 0.6 is 0 Å². The maximum atomic E-state index is 14.4. The van der Waals surface area contributed by atoms with Gasteiger partial charge in [-0.1, -0.05) is 32.1 Å². The summed E-state index contributed by atoms with van der Waals surface area (Å²) in [6.45, 7) is 4.61. The van der Waals surface area contributed by atoms with E-state index in [4.69, 9.17) is 0 Å². The Morgan fingerprint density at radius 2 is 1.73 bits per heavy atom. The molecule has 3 rings (SSSR count). The van der Waals surface area contributed by atoms with E-state index in [0.29, 0.717) is 13.0 Å². The Kier molecular flexibility index (Phi) is 6.67. The van der Waals surface area contributed by atoms with Crippen molar-refractivity contribution in [2.24, 2.45) is 0 Å². The minimum atomic E-state index is -3.80. The van der Waals surface area contributed by atoms with Crippen LogP contribution in [-0.2, 0) is 10.0 Å². The summed E-state index contributed by atoms with van der Waals surface area (Å²) >= 11 is 0. The van der Waals surface area contributed by atoms with Gasteiger partial charge in [0.25, 0.3) is 5.91 Å². The van der Waals surface area contributed by atoms with Crippen LogP contribution in [0.15, 0.2) is 53.4 Å². The Morgan fingerprint density at radius 1 is 1.07 bits per heavy atom. The van der Waals surface area contributed by atoms with E-state index < -0.39 is 21.7 Å². The lowest BCUT2D eigenvalue weighted by atomic mass is 9.99. The van der Waals surface area contributed by atoms with Gasteiger partial charge in [0.15, 0.2) is 0 Å². The van der Waals surface area contributed by atoms with E-state index in [-0.39, 0.29) is 35.9 Å². The fourth-order valence-corrected chi connectivity index (χ4v) is 4.98. The van der Waals surface area contributed by atoms with Crippen molar-refractivity contribution in [2.75, 3.05) is 26.2 Å². The maximum absolute atomic E-state index is 14.4. The number of benzene rings is 2. The van der Waals surface area contributed by atoms with Gasteiger partial charge in [0.2, 0.25) is 10.0 Å². The second kappa shape index (κ2) is 9.06. The molecular formula is C22H24F2N2O3S. The highest BCUT2D eigenvalue weighted by Gasteiger charge is 2.27. The van der Waals surface area contributed by atoms with Crippen molar-refractivity contribution in [1.82, 2.24) is 9.21 Å². The SMILES string of the molecule is CCN(CC)S(=O)(=O)c1ccc(F)c(C(=O)N2CC=C(c3ccc(F)cc3)CC2)c1. The van der Waals surface area contributed by atoms with Crippen LogP contribution in [0.3, 0.4) is 0 Å². The molecule has 0 saturated heterocycles. The largest absolute Gasteiger partial charge is 0.334 e. The highest BCUT2D eigenvalue weighted by atomic mass is 32.2. The number of halogens is 2. The van der Waals surface area contributed by atoms with E-state index in [1.807, 2.05) is 6.08 Å². The third-order valence-corrected chi connectivity index (χ3v) is 7.27. The van der Waals surface area contributed by atoms with Crippen LogP contribution in [-0.4, -0.2) is 49.7 Å². The third kappa shape index (κ3) is 4.44. The van der Waals surface area contributed by atoms with Gasteiger partial charge < -0.3 is 4.90 Å². The molecule has 0 aliphatic carbocycles. The van der Waals surface area contributed by atoms with Crippen molar-refractivity contribution in [3.8, 4) is 0 Å². The Balaban J connectivity index is 1.83. The number of carbonyl (C=O) groups is 1. The molecule has 160 valence electrons. The first kappa shape index (κ1) is 22.1. The van der Waals surface area contributed by atoms with Crippen molar-refractivity contribution >= 4 is 21.5 Å². The van der Waals surface area contributed by atoms with Crippen molar-refractivity contribution in [3.05, 3.63) is 71.3 Å². The maximum Gasteiger partial charge on any atom is 0.257 e. The van der Waals surface area contributed by atoms with E-state index in [9.17, 15) is 22.0 Å². The molecule has 0 aromatic heterocycles. The molecule has 0 saturated carbocycles. The molecule has 5 nitrogen and oxygen atoms in total. The van der Waals surface area contributed by atoms with E-state index in [2.05, 4.69) is 0 Å². The van der Waals surface area contributed by atoms with Crippen LogP contribution < -0.4 is 0 Å². The van der Waals surface area contributed by atoms with Crippen molar-refractivity contribution < 1.29 is 22.0 Å². The van der Waals surface area contributed by atoms with Crippen LogP contribution in [0.2, 0.25) is 0 Å². The zero-order valence-corrected chi connectivity index (χ0v) is 17.8. The molecule has 30 heavy (non-hydrogen) atoms. The average molecular weight is 435 g/mol. The molecule has 8 heteroatoms. The number of amides is 1. The molecule has 0 atom stereocenters. The lowest BCUT2D eigenvalue weighted by Crippen LogP contribution is -2.35. The normalized spacial score (nSPS) is 14.7. The van der Waals surface area contributed by atoms with Gasteiger partial charge >= 0.3 is 0 Å². The first-order valence-corrected chi connectivity index (χ1v) is 11.3. The predicted molar refractivity (Wildman–Crippen MR) is 111 cm³/mol. The highest BCUT2D eigenvalue weighted by Crippen LogP contribution is 2.25. The molecule has 1 aliphatic heterocycles. The molecule has 0 spiro atoms. The summed E-state index contributed by atoms with van der Waals surface area (Å²) in [5.41, 5.74) is 1.60. The monoisotopic (exact) mass is 434 g/mol. The molecule has 1 aliphatic rings. The lowest BCUT2D eigenvalue weighted by Gasteiger charge is -2.27. The minimum absolute atomic E-state index is 0.101. The summed E-state index contributed by atoms with van der Waals surface area (Å²) < 4.78 is 54.2. The molecule has 2 aromatic rings. The standard InChI is InChI=1S/C22H24F2N2O3S/c1-3-26(4-2)30(28,29)19-9-10-21(24)20(15-19)22(27)25-13-11-17(12-14-25)16-5-7-18(23)8-6-16/h5-11,15H,3-4,12-14H2,1-2H3. The molecule has 0 N–H and O–H groups in total. The quantitative estimate of drug-likeness (QED) is 0.692. The van der Waals surface area contributed by atoms with E-state index in [1.165, 1.54) is 27.4 Å². The first-order valence-electron chi connectivity index (χ1n) is 9.81. The molecule has 0 bridgehead atoms. The van der Waals surface area contributed by atoms with Gasteiger partial charge in [0.1, 0.15) is 11.6 Å². The Labute approximate surface area is 175 Å². The number of hydrogen-bond acceptors (Lipinski definition) is 3. The van der Waals surface area contributed by atoms with Crippen LogP contribution in [0.25, 0.3) is 5.57 Å². The molecule has 1 heterocycles. The molecule has 0 radical (unpaired) electrons. The van der Waals surface area contributed by atoms with E-state index >= 15 is 0 Å². The predicted octanol–water partition coefficient (Wildman–Crippen LogP) is 3.92. The lowest BCUT2D eigenvalue weighted by molar-refractivity contribution is 0.0768. The van der Waals surface area contributed by atoms with Crippen LogP contribution in [0.5, 0.6) is 0 Å². The van der Waals surface area contributed by atoms with Crippen molar-refractivity contribution in [3.63, 3.8) is 0 Å². The summed E-state index contributed by atoms with van der Waals surface area (Å²) in [5, 5.41) is 0. The first-order chi connectivity index (χ1) is 14.3. The van der Waals surface area contributed by atoms with Gasteiger partial charge in [-0.25, -0.2) is 17.2 Å². The van der Waals surface area contributed by atoms with Gasteiger partial charge in [-0.05, 0) is 47.9 Å². The summed E-state index contributed by atoms with van der Waals surface area (Å²) in [6.07, 6.45) is 2.39. The zero-order valence-electron chi connectivity index (χ0n) is 16.9. The second-order valence-corrected chi connectivity index (χ2v) is 8.91. The van der Waals surface area contributed by atoms with Crippen molar-refractivity contribution in [2.45, 2.75) is 25.2 Å². The minimum Gasteiger partial charge on any atom is -0.334 e. The Morgan fingerprint density at radius 3 is 2.30 bits per heavy atom. The average Bonchev–Trinajstić information content (AvgIpc) is 2.75. The Bertz CT molecular complexity index is 1060. The number of hydrogen-bond donors (Lipinski definition) is 0. The highest BCUT2D eigenvalue weighted by molar-refractivity contribution is 7.89. The van der Waals surface area contributed by atoms with Crippen molar-refractivity contribution in [1.29, 1.82) is 0 Å². The fourth-order valence-electron chi connectivity index (χ4n) is 3.49. The third-order valence-electron chi connectivity index (χ3n) is 5.22. The molecule has 0 fully saturated rings. The second-order valence-electron chi connectivity index (χ2n) is 6.97. The van der Waals surface area contributed by atoms with E-state index in [1.54, 1.807) is 26.0 Å². The zero-order chi connectivity index (χ0) is 21.9. The van der Waals surface area contributed by atoms with Gasteiger partial charge in [0, 0.05) is 26.2 Å². The van der Waals surface area contributed by atoms with Gasteiger partial charge in [0.05, 0.1) is 10.5 Å². The molecule has 0 unspecified atom stereocenters. The summed E-state index contributed by atoms with van der Waals surface area (Å²) in [5.74, 6) is -1.63. The van der Waals surface area contributed by atoms with Gasteiger partial charge in [-0.2, -0.15) is 4.31 Å². The molecule has 1 amide bonds. The molecular weight excluding hydrogens is 410 g/mol. The number of nitrogens with zero attached hydrogens (tertiary/aromatic N) is 2. The topological polar surface area (TPSA) is 57.7 Å². The van der Waals surface area contributed by atoms with Gasteiger partial charge in [-0.15, -0.1) is 0 Å². The Hall–Kier alpha value is -2.58. The summed E-state index contributed by atoms with van der Waals surface area (Å²) in [6, 6.07) is 9.44. The fraction of sp³-hybridized carbons (Fsp3) is 0.318.